The molecule has 0 aliphatic carbocycles. The van der Waals surface area contributed by atoms with Gasteiger partial charge < -0.3 is 4.57 Å². The number of rotatable bonds is 5. The van der Waals surface area contributed by atoms with Crippen molar-refractivity contribution in [2.24, 2.45) is 0 Å². The molecule has 24 heavy (non-hydrogen) atoms. The van der Waals surface area contributed by atoms with Crippen molar-refractivity contribution in [3.05, 3.63) is 53.6 Å². The van der Waals surface area contributed by atoms with E-state index >= 15 is 0 Å². The summed E-state index contributed by atoms with van der Waals surface area (Å²) < 4.78 is 29.3. The first-order valence-electron chi connectivity index (χ1n) is 7.96. The zero-order valence-electron chi connectivity index (χ0n) is 13.6. The molecule has 2 aromatic rings. The Morgan fingerprint density at radius 1 is 1.42 bits per heavy atom. The molecule has 6 nitrogen and oxygen atoms in total. The summed E-state index contributed by atoms with van der Waals surface area (Å²) in [6, 6.07) is 8.80. The van der Waals surface area contributed by atoms with Crippen molar-refractivity contribution in [2.45, 2.75) is 38.1 Å². The number of aromatic nitrogens is 2. The molecule has 0 unspecified atom stereocenters. The molecule has 2 heterocycles. The number of benzene rings is 1. The Kier molecular flexibility index (Phi) is 4.69. The molecule has 7 heteroatoms. The average molecular weight is 344 g/mol. The summed E-state index contributed by atoms with van der Waals surface area (Å²) in [6.45, 7) is 3.10. The molecule has 0 spiro atoms. The highest BCUT2D eigenvalue weighted by atomic mass is 32.2. The van der Waals surface area contributed by atoms with Crippen molar-refractivity contribution < 1.29 is 8.42 Å². The van der Waals surface area contributed by atoms with E-state index in [1.807, 2.05) is 23.8 Å². The molecular weight excluding hydrogens is 324 g/mol. The Balaban J connectivity index is 1.77. The topological polar surface area (TPSA) is 79.0 Å². The van der Waals surface area contributed by atoms with E-state index in [1.54, 1.807) is 34.8 Å². The number of sulfonamides is 1. The lowest BCUT2D eigenvalue weighted by atomic mass is 10.2. The molecule has 0 radical (unpaired) electrons. The first-order valence-corrected chi connectivity index (χ1v) is 9.57. The lowest BCUT2D eigenvalue weighted by Crippen LogP contribution is -2.38. The Hall–Kier alpha value is -2.17. The van der Waals surface area contributed by atoms with Crippen LogP contribution in [0.4, 0.5) is 0 Å². The van der Waals surface area contributed by atoms with Gasteiger partial charge in [-0.3, -0.25) is 0 Å². The maximum absolute atomic E-state index is 12.8. The van der Waals surface area contributed by atoms with Gasteiger partial charge in [-0.2, -0.15) is 9.57 Å². The molecule has 1 saturated heterocycles. The van der Waals surface area contributed by atoms with Crippen LogP contribution < -0.4 is 0 Å². The van der Waals surface area contributed by atoms with Crippen LogP contribution in [-0.2, 0) is 22.3 Å². The number of imidazole rings is 1. The van der Waals surface area contributed by atoms with Gasteiger partial charge in [-0.1, -0.05) is 12.1 Å². The predicted octanol–water partition coefficient (Wildman–Crippen LogP) is 2.06. The predicted molar refractivity (Wildman–Crippen MR) is 90.5 cm³/mol. The van der Waals surface area contributed by atoms with Gasteiger partial charge in [-0.05, 0) is 37.5 Å². The van der Waals surface area contributed by atoms with Gasteiger partial charge in [0.05, 0.1) is 17.4 Å². The van der Waals surface area contributed by atoms with Crippen molar-refractivity contribution in [3.8, 4) is 6.07 Å². The van der Waals surface area contributed by atoms with Gasteiger partial charge in [0.15, 0.2) is 0 Å². The molecule has 1 atom stereocenters. The monoisotopic (exact) mass is 344 g/mol. The second-order valence-electron chi connectivity index (χ2n) is 6.10. The average Bonchev–Trinajstić information content (AvgIpc) is 3.17. The number of hydrogen-bond acceptors (Lipinski definition) is 4. The van der Waals surface area contributed by atoms with Crippen molar-refractivity contribution in [1.29, 1.82) is 5.26 Å². The third kappa shape index (κ3) is 3.50. The highest BCUT2D eigenvalue weighted by Gasteiger charge is 2.34. The minimum atomic E-state index is -3.41. The molecule has 126 valence electrons. The summed E-state index contributed by atoms with van der Waals surface area (Å²) in [5.41, 5.74) is 1.13. The maximum Gasteiger partial charge on any atom is 0.218 e. The molecule has 1 aromatic carbocycles. The van der Waals surface area contributed by atoms with Crippen LogP contribution in [0.3, 0.4) is 0 Å². The summed E-state index contributed by atoms with van der Waals surface area (Å²) in [5, 5.41) is 8.97. The zero-order valence-corrected chi connectivity index (χ0v) is 14.4. The van der Waals surface area contributed by atoms with Gasteiger partial charge in [0.2, 0.25) is 10.0 Å². The van der Waals surface area contributed by atoms with E-state index in [0.29, 0.717) is 24.2 Å². The molecule has 1 fully saturated rings. The van der Waals surface area contributed by atoms with E-state index in [0.717, 1.165) is 18.7 Å². The SMILES string of the molecule is Cc1nccn1C[C@H]1CCCN1S(=O)(=O)Cc1cccc(C#N)c1. The highest BCUT2D eigenvalue weighted by Crippen LogP contribution is 2.25. The van der Waals surface area contributed by atoms with Crippen LogP contribution in [0.15, 0.2) is 36.7 Å². The fourth-order valence-electron chi connectivity index (χ4n) is 3.21. The Morgan fingerprint density at radius 3 is 2.96 bits per heavy atom. The van der Waals surface area contributed by atoms with Crippen LogP contribution in [0.2, 0.25) is 0 Å². The van der Waals surface area contributed by atoms with E-state index in [9.17, 15) is 8.42 Å². The van der Waals surface area contributed by atoms with E-state index < -0.39 is 10.0 Å². The first-order chi connectivity index (χ1) is 11.5. The van der Waals surface area contributed by atoms with Crippen molar-refractivity contribution >= 4 is 10.0 Å². The van der Waals surface area contributed by atoms with E-state index in [-0.39, 0.29) is 11.8 Å². The normalized spacial score (nSPS) is 18.6. The quantitative estimate of drug-likeness (QED) is 0.831. The second kappa shape index (κ2) is 6.75. The Bertz CT molecular complexity index is 867. The zero-order chi connectivity index (χ0) is 17.2. The highest BCUT2D eigenvalue weighted by molar-refractivity contribution is 7.88. The van der Waals surface area contributed by atoms with Crippen molar-refractivity contribution in [3.63, 3.8) is 0 Å². The van der Waals surface area contributed by atoms with Crippen LogP contribution in [-0.4, -0.2) is 34.9 Å². The van der Waals surface area contributed by atoms with E-state index in [1.165, 1.54) is 0 Å². The van der Waals surface area contributed by atoms with Gasteiger partial charge >= 0.3 is 0 Å². The third-order valence-electron chi connectivity index (χ3n) is 4.42. The first kappa shape index (κ1) is 16.7. The van der Waals surface area contributed by atoms with Crippen LogP contribution in [0.5, 0.6) is 0 Å². The van der Waals surface area contributed by atoms with E-state index in [4.69, 9.17) is 5.26 Å². The summed E-state index contributed by atoms with van der Waals surface area (Å²) >= 11 is 0. The van der Waals surface area contributed by atoms with Crippen LogP contribution >= 0.6 is 0 Å². The second-order valence-corrected chi connectivity index (χ2v) is 8.02. The fourth-order valence-corrected chi connectivity index (χ4v) is 5.01. The van der Waals surface area contributed by atoms with Crippen LogP contribution in [0.1, 0.15) is 29.8 Å². The molecule has 1 aliphatic heterocycles. The van der Waals surface area contributed by atoms with Gasteiger partial charge in [-0.25, -0.2) is 13.4 Å². The van der Waals surface area contributed by atoms with E-state index in [2.05, 4.69) is 4.98 Å². The smallest absolute Gasteiger partial charge is 0.218 e. The number of hydrogen-bond donors (Lipinski definition) is 0. The molecule has 0 N–H and O–H groups in total. The Morgan fingerprint density at radius 2 is 2.25 bits per heavy atom. The van der Waals surface area contributed by atoms with Gasteiger partial charge in [-0.15, -0.1) is 0 Å². The Labute approximate surface area is 142 Å². The molecule has 1 aromatic heterocycles. The van der Waals surface area contributed by atoms with Crippen molar-refractivity contribution in [1.82, 2.24) is 13.9 Å². The summed E-state index contributed by atoms with van der Waals surface area (Å²) in [4.78, 5) is 4.20. The summed E-state index contributed by atoms with van der Waals surface area (Å²) in [6.07, 6.45) is 5.34. The minimum Gasteiger partial charge on any atom is -0.334 e. The molecule has 1 aliphatic rings. The largest absolute Gasteiger partial charge is 0.334 e. The standard InChI is InChI=1S/C17H20N4O2S/c1-14-19-7-9-20(14)12-17-6-3-8-21(17)24(22,23)13-16-5-2-4-15(10-16)11-18/h2,4-5,7,9-10,17H,3,6,8,12-13H2,1H3/t17-/m1/s1. The lowest BCUT2D eigenvalue weighted by molar-refractivity contribution is 0.349. The number of nitriles is 1. The third-order valence-corrected chi connectivity index (χ3v) is 6.31. The summed E-state index contributed by atoms with van der Waals surface area (Å²) in [5.74, 6) is 0.822. The molecular formula is C17H20N4O2S. The van der Waals surface area contributed by atoms with Gasteiger partial charge in [0.25, 0.3) is 0 Å². The molecule has 0 amide bonds. The fraction of sp³-hybridized carbons (Fsp3) is 0.412. The lowest BCUT2D eigenvalue weighted by Gasteiger charge is -2.25. The molecule has 0 bridgehead atoms. The molecule has 0 saturated carbocycles. The van der Waals surface area contributed by atoms with Gasteiger partial charge in [0, 0.05) is 31.5 Å². The number of nitrogens with zero attached hydrogens (tertiary/aromatic N) is 4. The van der Waals surface area contributed by atoms with Crippen LogP contribution in [0, 0.1) is 18.3 Å². The maximum atomic E-state index is 12.8. The van der Waals surface area contributed by atoms with Gasteiger partial charge in [0.1, 0.15) is 5.82 Å². The molecule has 3 rings (SSSR count). The van der Waals surface area contributed by atoms with Crippen molar-refractivity contribution in [2.75, 3.05) is 6.54 Å². The minimum absolute atomic E-state index is 0.0398. The van der Waals surface area contributed by atoms with Crippen LogP contribution in [0.25, 0.3) is 0 Å². The number of aryl methyl sites for hydroxylation is 1. The summed E-state index contributed by atoms with van der Waals surface area (Å²) in [7, 11) is -3.41.